The van der Waals surface area contributed by atoms with Crippen molar-refractivity contribution in [2.24, 2.45) is 0 Å². The third kappa shape index (κ3) is 2.56. The van der Waals surface area contributed by atoms with Crippen LogP contribution in [0.25, 0.3) is 0 Å². The Morgan fingerprint density at radius 3 is 2.67 bits per heavy atom. The third-order valence-corrected chi connectivity index (χ3v) is 4.20. The Morgan fingerprint density at radius 2 is 2.05 bits per heavy atom. The highest BCUT2D eigenvalue weighted by Gasteiger charge is 2.32. The minimum Gasteiger partial charge on any atom is -0.390 e. The minimum absolute atomic E-state index is 0.0202. The highest BCUT2D eigenvalue weighted by molar-refractivity contribution is 6.00. The van der Waals surface area contributed by atoms with Crippen molar-refractivity contribution in [3.05, 3.63) is 27.8 Å². The molecule has 1 aromatic carbocycles. The number of benzene rings is 1. The fourth-order valence-corrected chi connectivity index (χ4v) is 2.88. The lowest BCUT2D eigenvalue weighted by atomic mass is 9.93. The minimum atomic E-state index is -0.712. The van der Waals surface area contributed by atoms with E-state index in [0.717, 1.165) is 0 Å². The number of amides is 1. The normalized spacial score (nSPS) is 20.1. The number of hydrogen-bond donors (Lipinski definition) is 2. The van der Waals surface area contributed by atoms with Crippen LogP contribution >= 0.6 is 0 Å². The molecule has 7 heteroatoms. The summed E-state index contributed by atoms with van der Waals surface area (Å²) in [5.74, 6) is -0.141. The van der Waals surface area contributed by atoms with Crippen LogP contribution in [0.3, 0.4) is 0 Å². The maximum Gasteiger partial charge on any atom is 0.292 e. The summed E-state index contributed by atoms with van der Waals surface area (Å²) < 4.78 is 0. The summed E-state index contributed by atoms with van der Waals surface area (Å²) in [6, 6.07) is 3.16. The number of nitrogens with one attached hydrogen (secondary N) is 1. The average molecular weight is 291 g/mol. The first-order valence-electron chi connectivity index (χ1n) is 6.94. The predicted molar refractivity (Wildman–Crippen MR) is 77.5 cm³/mol. The molecule has 0 radical (unpaired) electrons. The van der Waals surface area contributed by atoms with Gasteiger partial charge in [-0.05, 0) is 31.4 Å². The van der Waals surface area contributed by atoms with E-state index in [2.05, 4.69) is 5.32 Å². The Kier molecular flexibility index (Phi) is 3.09. The second-order valence-corrected chi connectivity index (χ2v) is 5.96. The summed E-state index contributed by atoms with van der Waals surface area (Å²) in [5.41, 5.74) is 1.14. The molecule has 2 aliphatic heterocycles. The average Bonchev–Trinajstić information content (AvgIpc) is 2.76. The van der Waals surface area contributed by atoms with Gasteiger partial charge in [-0.3, -0.25) is 14.9 Å². The third-order valence-electron chi connectivity index (χ3n) is 4.20. The summed E-state index contributed by atoms with van der Waals surface area (Å²) in [4.78, 5) is 24.2. The van der Waals surface area contributed by atoms with E-state index in [1.165, 1.54) is 6.07 Å². The van der Waals surface area contributed by atoms with Crippen LogP contribution < -0.4 is 10.2 Å². The molecule has 0 bridgehead atoms. The second kappa shape index (κ2) is 4.70. The topological polar surface area (TPSA) is 95.7 Å². The van der Waals surface area contributed by atoms with Crippen LogP contribution in [-0.4, -0.2) is 34.6 Å². The van der Waals surface area contributed by atoms with Crippen molar-refractivity contribution >= 4 is 23.0 Å². The molecule has 1 amide bonds. The van der Waals surface area contributed by atoms with Gasteiger partial charge in [-0.1, -0.05) is 0 Å². The number of anilines is 2. The van der Waals surface area contributed by atoms with E-state index in [1.54, 1.807) is 13.0 Å². The number of piperidine rings is 1. The Balaban J connectivity index is 1.96. The zero-order valence-electron chi connectivity index (χ0n) is 11.8. The van der Waals surface area contributed by atoms with Gasteiger partial charge in [-0.2, -0.15) is 0 Å². The van der Waals surface area contributed by atoms with Crippen LogP contribution in [0.4, 0.5) is 17.1 Å². The van der Waals surface area contributed by atoms with Gasteiger partial charge in [0, 0.05) is 24.8 Å². The van der Waals surface area contributed by atoms with Gasteiger partial charge in [0.15, 0.2) is 0 Å². The van der Waals surface area contributed by atoms with Crippen LogP contribution in [0.5, 0.6) is 0 Å². The standard InChI is InChI=1S/C14H17N3O4/c1-14(19)2-4-16(5-3-14)11-8-10-9(7-13(18)15-10)6-12(11)17(20)21/h6,8,19H,2-5,7H2,1H3,(H,15,18). The van der Waals surface area contributed by atoms with Gasteiger partial charge in [0.05, 0.1) is 16.9 Å². The molecular weight excluding hydrogens is 274 g/mol. The number of nitro benzene ring substituents is 1. The molecule has 1 saturated heterocycles. The van der Waals surface area contributed by atoms with E-state index in [0.29, 0.717) is 42.9 Å². The zero-order chi connectivity index (χ0) is 15.2. The fraction of sp³-hybridized carbons (Fsp3) is 0.500. The fourth-order valence-electron chi connectivity index (χ4n) is 2.88. The van der Waals surface area contributed by atoms with E-state index in [4.69, 9.17) is 0 Å². The van der Waals surface area contributed by atoms with Gasteiger partial charge in [0.25, 0.3) is 5.69 Å². The van der Waals surface area contributed by atoms with Gasteiger partial charge in [-0.15, -0.1) is 0 Å². The molecule has 21 heavy (non-hydrogen) atoms. The SMILES string of the molecule is CC1(O)CCN(c2cc3c(cc2[N+](=O)[O-])CC(=O)N3)CC1. The lowest BCUT2D eigenvalue weighted by Crippen LogP contribution is -2.42. The predicted octanol–water partition coefficient (Wildman–Crippen LogP) is 1.44. The molecule has 0 aliphatic carbocycles. The van der Waals surface area contributed by atoms with Crippen molar-refractivity contribution in [1.29, 1.82) is 0 Å². The quantitative estimate of drug-likeness (QED) is 0.635. The van der Waals surface area contributed by atoms with Gasteiger partial charge < -0.3 is 15.3 Å². The molecule has 2 heterocycles. The molecule has 2 N–H and O–H groups in total. The number of carbonyl (C=O) groups excluding carboxylic acids is 1. The molecule has 0 unspecified atom stereocenters. The van der Waals surface area contributed by atoms with Crippen LogP contribution in [0.1, 0.15) is 25.3 Å². The highest BCUT2D eigenvalue weighted by atomic mass is 16.6. The van der Waals surface area contributed by atoms with Crippen LogP contribution in [0.15, 0.2) is 12.1 Å². The number of hydrogen-bond acceptors (Lipinski definition) is 5. The first kappa shape index (κ1) is 13.8. The summed E-state index contributed by atoms with van der Waals surface area (Å²) in [6.45, 7) is 2.89. The smallest absolute Gasteiger partial charge is 0.292 e. The number of nitrogens with zero attached hydrogens (tertiary/aromatic N) is 2. The Labute approximate surface area is 121 Å². The van der Waals surface area contributed by atoms with E-state index < -0.39 is 10.5 Å². The van der Waals surface area contributed by atoms with Crippen molar-refractivity contribution in [3.8, 4) is 0 Å². The van der Waals surface area contributed by atoms with Gasteiger partial charge >= 0.3 is 0 Å². The van der Waals surface area contributed by atoms with E-state index in [1.807, 2.05) is 4.90 Å². The largest absolute Gasteiger partial charge is 0.390 e. The second-order valence-electron chi connectivity index (χ2n) is 5.96. The molecule has 0 atom stereocenters. The van der Waals surface area contributed by atoms with E-state index >= 15 is 0 Å². The lowest BCUT2D eigenvalue weighted by Gasteiger charge is -2.36. The molecule has 1 fully saturated rings. The van der Waals surface area contributed by atoms with Crippen molar-refractivity contribution < 1.29 is 14.8 Å². The summed E-state index contributed by atoms with van der Waals surface area (Å²) in [6.07, 6.45) is 1.31. The molecule has 0 saturated carbocycles. The molecular formula is C14H17N3O4. The van der Waals surface area contributed by atoms with Gasteiger partial charge in [0.1, 0.15) is 5.69 Å². The summed E-state index contributed by atoms with van der Waals surface area (Å²) in [5, 5.41) is 24.0. The van der Waals surface area contributed by atoms with E-state index in [9.17, 15) is 20.0 Å². The Morgan fingerprint density at radius 1 is 1.38 bits per heavy atom. The van der Waals surface area contributed by atoms with Crippen LogP contribution in [0, 0.1) is 10.1 Å². The Hall–Kier alpha value is -2.15. The summed E-state index contributed by atoms with van der Waals surface area (Å²) in [7, 11) is 0. The number of nitro groups is 1. The molecule has 3 rings (SSSR count). The first-order chi connectivity index (χ1) is 9.85. The van der Waals surface area contributed by atoms with Crippen molar-refractivity contribution in [3.63, 3.8) is 0 Å². The van der Waals surface area contributed by atoms with Crippen molar-refractivity contribution in [1.82, 2.24) is 0 Å². The number of carbonyl (C=O) groups is 1. The van der Waals surface area contributed by atoms with Gasteiger partial charge in [-0.25, -0.2) is 0 Å². The maximum atomic E-state index is 11.4. The van der Waals surface area contributed by atoms with Crippen molar-refractivity contribution in [2.75, 3.05) is 23.3 Å². The first-order valence-corrected chi connectivity index (χ1v) is 6.94. The van der Waals surface area contributed by atoms with Crippen molar-refractivity contribution in [2.45, 2.75) is 31.8 Å². The molecule has 2 aliphatic rings. The van der Waals surface area contributed by atoms with Gasteiger partial charge in [0.2, 0.25) is 5.91 Å². The molecule has 0 spiro atoms. The maximum absolute atomic E-state index is 11.4. The monoisotopic (exact) mass is 291 g/mol. The lowest BCUT2D eigenvalue weighted by molar-refractivity contribution is -0.384. The highest BCUT2D eigenvalue weighted by Crippen LogP contribution is 2.38. The molecule has 1 aromatic rings. The van der Waals surface area contributed by atoms with E-state index in [-0.39, 0.29) is 18.0 Å². The molecule has 7 nitrogen and oxygen atoms in total. The molecule has 112 valence electrons. The zero-order valence-corrected chi connectivity index (χ0v) is 11.8. The van der Waals surface area contributed by atoms with Crippen LogP contribution in [-0.2, 0) is 11.2 Å². The molecule has 0 aromatic heterocycles. The van der Waals surface area contributed by atoms with Crippen LogP contribution in [0.2, 0.25) is 0 Å². The Bertz CT molecular complexity index is 617. The number of fused-ring (bicyclic) bond motifs is 1. The number of rotatable bonds is 2. The summed E-state index contributed by atoms with van der Waals surface area (Å²) >= 11 is 0. The number of aliphatic hydroxyl groups is 1.